The maximum absolute atomic E-state index is 10.9. The molecule has 0 aliphatic heterocycles. The lowest BCUT2D eigenvalue weighted by Crippen LogP contribution is -2.20. The van der Waals surface area contributed by atoms with Gasteiger partial charge in [0.1, 0.15) is 0 Å². The van der Waals surface area contributed by atoms with E-state index in [2.05, 4.69) is 9.97 Å². The predicted octanol–water partition coefficient (Wildman–Crippen LogP) is 1.45. The highest BCUT2D eigenvalue weighted by molar-refractivity contribution is 7.07. The lowest BCUT2D eigenvalue weighted by atomic mass is 10.3. The Balaban J connectivity index is 2.26. The first-order valence-corrected chi connectivity index (χ1v) is 6.10. The summed E-state index contributed by atoms with van der Waals surface area (Å²) < 4.78 is 0. The van der Waals surface area contributed by atoms with E-state index in [1.807, 2.05) is 5.38 Å². The van der Waals surface area contributed by atoms with Gasteiger partial charge in [0.2, 0.25) is 0 Å². The number of hydrogen-bond acceptors (Lipinski definition) is 6. The van der Waals surface area contributed by atoms with Crippen LogP contribution in [0.3, 0.4) is 0 Å². The van der Waals surface area contributed by atoms with Gasteiger partial charge in [-0.15, -0.1) is 11.3 Å². The summed E-state index contributed by atoms with van der Waals surface area (Å²) in [7, 11) is 1.80. The number of carboxylic acids is 1. The van der Waals surface area contributed by atoms with Gasteiger partial charge >= 0.3 is 5.97 Å². The van der Waals surface area contributed by atoms with Crippen LogP contribution < -0.4 is 10.6 Å². The minimum absolute atomic E-state index is 0.0238. The zero-order chi connectivity index (χ0) is 13.1. The molecule has 18 heavy (non-hydrogen) atoms. The second-order valence-corrected chi connectivity index (χ2v) is 4.47. The summed E-state index contributed by atoms with van der Waals surface area (Å²) in [5, 5.41) is 10.8. The van der Waals surface area contributed by atoms with E-state index in [0.717, 1.165) is 5.69 Å². The molecule has 0 amide bonds. The number of nitrogen functional groups attached to an aromatic ring is 1. The highest BCUT2D eigenvalue weighted by atomic mass is 32.1. The molecule has 6 nitrogen and oxygen atoms in total. The van der Waals surface area contributed by atoms with Crippen molar-refractivity contribution in [2.45, 2.75) is 6.54 Å². The minimum Gasteiger partial charge on any atom is -0.477 e. The average Bonchev–Trinajstić information content (AvgIpc) is 2.81. The van der Waals surface area contributed by atoms with Crippen LogP contribution in [-0.4, -0.2) is 28.1 Å². The lowest BCUT2D eigenvalue weighted by Gasteiger charge is -2.19. The van der Waals surface area contributed by atoms with Crippen LogP contribution in [0.5, 0.6) is 0 Å². The Labute approximate surface area is 108 Å². The fraction of sp³-hybridized carbons (Fsp3) is 0.182. The molecule has 0 saturated carbocycles. The Hall–Kier alpha value is -2.15. The fourth-order valence-electron chi connectivity index (χ4n) is 1.52. The fourth-order valence-corrected chi connectivity index (χ4v) is 2.07. The van der Waals surface area contributed by atoms with Crippen molar-refractivity contribution in [2.75, 3.05) is 17.7 Å². The number of pyridine rings is 1. The monoisotopic (exact) mass is 264 g/mol. The standard InChI is InChI=1S/C11H12N4O2S/c1-15(4-7-5-18-6-13-7)10-8(12)2-3-9(14-10)11(16)17/h2-3,5-6H,4,12H2,1H3,(H,16,17). The zero-order valence-corrected chi connectivity index (χ0v) is 10.5. The summed E-state index contributed by atoms with van der Waals surface area (Å²) in [6.45, 7) is 0.532. The highest BCUT2D eigenvalue weighted by Gasteiger charge is 2.12. The van der Waals surface area contributed by atoms with Crippen LogP contribution in [0.25, 0.3) is 0 Å². The van der Waals surface area contributed by atoms with Gasteiger partial charge in [-0.05, 0) is 12.1 Å². The Morgan fingerprint density at radius 3 is 2.94 bits per heavy atom. The van der Waals surface area contributed by atoms with Gasteiger partial charge in [0.25, 0.3) is 0 Å². The Bertz CT molecular complexity index is 556. The summed E-state index contributed by atoms with van der Waals surface area (Å²) >= 11 is 1.51. The molecule has 7 heteroatoms. The van der Waals surface area contributed by atoms with Crippen molar-refractivity contribution in [3.63, 3.8) is 0 Å². The number of carbonyl (C=O) groups is 1. The number of nitrogens with two attached hydrogens (primary N) is 1. The molecular formula is C11H12N4O2S. The molecule has 0 aromatic carbocycles. The summed E-state index contributed by atoms with van der Waals surface area (Å²) in [6, 6.07) is 2.93. The van der Waals surface area contributed by atoms with Crippen molar-refractivity contribution >= 4 is 28.8 Å². The third kappa shape index (κ3) is 2.57. The number of thiazole rings is 1. The lowest BCUT2D eigenvalue weighted by molar-refractivity contribution is 0.0690. The number of anilines is 2. The third-order valence-electron chi connectivity index (χ3n) is 2.37. The molecule has 2 heterocycles. The molecule has 0 fully saturated rings. The first kappa shape index (κ1) is 12.3. The van der Waals surface area contributed by atoms with Crippen molar-refractivity contribution in [3.8, 4) is 0 Å². The van der Waals surface area contributed by atoms with Crippen molar-refractivity contribution in [2.24, 2.45) is 0 Å². The van der Waals surface area contributed by atoms with Gasteiger partial charge in [-0.2, -0.15) is 0 Å². The topological polar surface area (TPSA) is 92.3 Å². The van der Waals surface area contributed by atoms with E-state index in [9.17, 15) is 4.79 Å². The van der Waals surface area contributed by atoms with Crippen molar-refractivity contribution in [1.29, 1.82) is 0 Å². The van der Waals surface area contributed by atoms with Gasteiger partial charge in [-0.25, -0.2) is 14.8 Å². The molecule has 0 spiro atoms. The molecule has 0 atom stereocenters. The summed E-state index contributed by atoms with van der Waals surface area (Å²) in [5.41, 5.74) is 8.86. The van der Waals surface area contributed by atoms with Gasteiger partial charge in [0.15, 0.2) is 11.5 Å². The van der Waals surface area contributed by atoms with E-state index in [4.69, 9.17) is 10.8 Å². The Morgan fingerprint density at radius 1 is 1.56 bits per heavy atom. The maximum Gasteiger partial charge on any atom is 0.354 e. The number of aromatic nitrogens is 2. The predicted molar refractivity (Wildman–Crippen MR) is 69.8 cm³/mol. The van der Waals surface area contributed by atoms with E-state index in [1.54, 1.807) is 23.5 Å². The van der Waals surface area contributed by atoms with E-state index in [0.29, 0.717) is 18.1 Å². The van der Waals surface area contributed by atoms with Crippen LogP contribution in [0.2, 0.25) is 0 Å². The molecule has 2 aromatic heterocycles. The SMILES string of the molecule is CN(Cc1cscn1)c1nc(C(=O)O)ccc1N. The molecule has 0 unspecified atom stereocenters. The van der Waals surface area contributed by atoms with E-state index < -0.39 is 5.97 Å². The smallest absolute Gasteiger partial charge is 0.354 e. The first-order valence-electron chi connectivity index (χ1n) is 5.16. The molecular weight excluding hydrogens is 252 g/mol. The van der Waals surface area contributed by atoms with Crippen LogP contribution in [0, 0.1) is 0 Å². The second kappa shape index (κ2) is 5.01. The van der Waals surface area contributed by atoms with Crippen LogP contribution in [0.15, 0.2) is 23.0 Å². The van der Waals surface area contributed by atoms with Gasteiger partial charge in [0.05, 0.1) is 23.4 Å². The molecule has 0 aliphatic carbocycles. The molecule has 0 aliphatic rings. The van der Waals surface area contributed by atoms with Crippen molar-refractivity contribution in [3.05, 3.63) is 34.4 Å². The highest BCUT2D eigenvalue weighted by Crippen LogP contribution is 2.21. The average molecular weight is 264 g/mol. The van der Waals surface area contributed by atoms with Crippen LogP contribution in [0.4, 0.5) is 11.5 Å². The van der Waals surface area contributed by atoms with Gasteiger partial charge in [-0.1, -0.05) is 0 Å². The number of nitrogens with zero attached hydrogens (tertiary/aromatic N) is 3. The summed E-state index contributed by atoms with van der Waals surface area (Å²) in [4.78, 5) is 20.8. The molecule has 0 saturated heterocycles. The van der Waals surface area contributed by atoms with E-state index in [1.165, 1.54) is 17.4 Å². The normalized spacial score (nSPS) is 10.3. The largest absolute Gasteiger partial charge is 0.477 e. The van der Waals surface area contributed by atoms with Gasteiger partial charge in [-0.3, -0.25) is 0 Å². The molecule has 2 aromatic rings. The van der Waals surface area contributed by atoms with E-state index in [-0.39, 0.29) is 5.69 Å². The Morgan fingerprint density at radius 2 is 2.33 bits per heavy atom. The number of aromatic carboxylic acids is 1. The zero-order valence-electron chi connectivity index (χ0n) is 9.70. The van der Waals surface area contributed by atoms with Crippen LogP contribution >= 0.6 is 11.3 Å². The Kier molecular flexibility index (Phi) is 3.42. The van der Waals surface area contributed by atoms with Crippen molar-refractivity contribution < 1.29 is 9.90 Å². The van der Waals surface area contributed by atoms with Crippen molar-refractivity contribution in [1.82, 2.24) is 9.97 Å². The van der Waals surface area contributed by atoms with Gasteiger partial charge in [0, 0.05) is 12.4 Å². The van der Waals surface area contributed by atoms with E-state index >= 15 is 0 Å². The maximum atomic E-state index is 10.9. The number of hydrogen-bond donors (Lipinski definition) is 2. The number of carboxylic acid groups (broad SMARTS) is 1. The molecule has 0 bridgehead atoms. The summed E-state index contributed by atoms with van der Waals surface area (Å²) in [5.74, 6) is -0.624. The molecule has 94 valence electrons. The minimum atomic E-state index is -1.07. The molecule has 0 radical (unpaired) electrons. The van der Waals surface area contributed by atoms with Crippen LogP contribution in [0.1, 0.15) is 16.2 Å². The quantitative estimate of drug-likeness (QED) is 0.868. The van der Waals surface area contributed by atoms with Gasteiger partial charge < -0.3 is 15.7 Å². The molecule has 3 N–H and O–H groups in total. The first-order chi connectivity index (χ1) is 8.58. The second-order valence-electron chi connectivity index (χ2n) is 3.75. The summed E-state index contributed by atoms with van der Waals surface area (Å²) in [6.07, 6.45) is 0. The molecule has 2 rings (SSSR count). The van der Waals surface area contributed by atoms with Crippen LogP contribution in [-0.2, 0) is 6.54 Å². The third-order valence-corrected chi connectivity index (χ3v) is 3.00. The number of rotatable bonds is 4.